The third-order valence-corrected chi connectivity index (χ3v) is 2.53. The Morgan fingerprint density at radius 2 is 1.87 bits per heavy atom. The molecule has 1 aromatic rings. The van der Waals surface area contributed by atoms with Crippen LogP contribution in [0.2, 0.25) is 0 Å². The summed E-state index contributed by atoms with van der Waals surface area (Å²) in [6, 6.07) is 3.80. The zero-order valence-corrected chi connectivity index (χ0v) is 10.5. The van der Waals surface area contributed by atoms with Crippen LogP contribution >= 0.6 is 15.9 Å². The van der Waals surface area contributed by atoms with Gasteiger partial charge in [-0.1, -0.05) is 15.9 Å². The second-order valence-electron chi connectivity index (χ2n) is 3.47. The molecule has 0 aliphatic heterocycles. The monoisotopic (exact) mass is 272 g/mol. The second-order valence-corrected chi connectivity index (χ2v) is 4.38. The summed E-state index contributed by atoms with van der Waals surface area (Å²) in [5, 5.41) is 8.75. The molecule has 3 nitrogen and oxygen atoms in total. The van der Waals surface area contributed by atoms with Crippen molar-refractivity contribution < 1.29 is 14.6 Å². The molecule has 0 heterocycles. The van der Waals surface area contributed by atoms with Gasteiger partial charge in [0.05, 0.1) is 0 Å². The van der Waals surface area contributed by atoms with Crippen LogP contribution in [0.4, 0.5) is 0 Å². The van der Waals surface area contributed by atoms with Gasteiger partial charge < -0.3 is 9.84 Å². The summed E-state index contributed by atoms with van der Waals surface area (Å²) in [5.74, 6) is -0.315. The number of aliphatic carboxylic acids is 1. The Bertz CT molecular complexity index is 364. The minimum Gasteiger partial charge on any atom is -0.479 e. The van der Waals surface area contributed by atoms with Crippen molar-refractivity contribution in [2.75, 3.05) is 0 Å². The van der Waals surface area contributed by atoms with E-state index in [1.807, 2.05) is 26.0 Å². The number of carboxylic acid groups (broad SMARTS) is 1. The first-order chi connectivity index (χ1) is 6.91. The van der Waals surface area contributed by atoms with E-state index in [-0.39, 0.29) is 0 Å². The van der Waals surface area contributed by atoms with E-state index in [0.717, 1.165) is 15.6 Å². The van der Waals surface area contributed by atoms with Crippen molar-refractivity contribution >= 4 is 21.9 Å². The van der Waals surface area contributed by atoms with Crippen LogP contribution in [0, 0.1) is 13.8 Å². The van der Waals surface area contributed by atoms with E-state index in [2.05, 4.69) is 15.9 Å². The Hall–Kier alpha value is -1.03. The zero-order valence-electron chi connectivity index (χ0n) is 8.87. The molecule has 0 aliphatic rings. The fourth-order valence-corrected chi connectivity index (χ4v) is 2.00. The minimum atomic E-state index is -0.961. The van der Waals surface area contributed by atoms with E-state index < -0.39 is 12.1 Å². The van der Waals surface area contributed by atoms with Crippen molar-refractivity contribution in [3.8, 4) is 5.75 Å². The molecule has 0 aliphatic carbocycles. The number of hydrogen-bond acceptors (Lipinski definition) is 2. The zero-order chi connectivity index (χ0) is 11.6. The molecule has 0 spiro atoms. The third-order valence-electron chi connectivity index (χ3n) is 2.07. The van der Waals surface area contributed by atoms with Crippen molar-refractivity contribution in [3.63, 3.8) is 0 Å². The SMILES string of the molecule is Cc1cc(Br)cc(C)c1O[C@H](C)C(=O)O. The molecule has 82 valence electrons. The standard InChI is InChI=1S/C11H13BrO3/c1-6-4-9(12)5-7(2)10(6)15-8(3)11(13)14/h4-5,8H,1-3H3,(H,13,14)/t8-/m1/s1. The highest BCUT2D eigenvalue weighted by Crippen LogP contribution is 2.28. The summed E-state index contributed by atoms with van der Waals surface area (Å²) in [7, 11) is 0. The third kappa shape index (κ3) is 2.96. The normalized spacial score (nSPS) is 12.3. The van der Waals surface area contributed by atoms with Gasteiger partial charge in [-0.3, -0.25) is 0 Å². The summed E-state index contributed by atoms with van der Waals surface area (Å²) in [6.45, 7) is 5.30. The number of hydrogen-bond donors (Lipinski definition) is 1. The van der Waals surface area contributed by atoms with Gasteiger partial charge in [-0.2, -0.15) is 0 Å². The molecule has 0 fully saturated rings. The Balaban J connectivity index is 3.00. The van der Waals surface area contributed by atoms with Gasteiger partial charge in [0.1, 0.15) is 5.75 Å². The smallest absolute Gasteiger partial charge is 0.344 e. The summed E-state index contributed by atoms with van der Waals surface area (Å²) >= 11 is 3.37. The number of ether oxygens (including phenoxy) is 1. The molecule has 0 radical (unpaired) electrons. The van der Waals surface area contributed by atoms with Crippen molar-refractivity contribution in [1.82, 2.24) is 0 Å². The van der Waals surface area contributed by atoms with Crippen LogP contribution in [-0.4, -0.2) is 17.2 Å². The number of carboxylic acids is 1. The van der Waals surface area contributed by atoms with Gasteiger partial charge in [0, 0.05) is 4.47 Å². The summed E-state index contributed by atoms with van der Waals surface area (Å²) < 4.78 is 6.34. The molecule has 1 aromatic carbocycles. The number of benzene rings is 1. The van der Waals surface area contributed by atoms with E-state index in [0.29, 0.717) is 5.75 Å². The van der Waals surface area contributed by atoms with E-state index in [1.54, 1.807) is 0 Å². The predicted octanol–water partition coefficient (Wildman–Crippen LogP) is 2.92. The highest BCUT2D eigenvalue weighted by Gasteiger charge is 2.15. The quantitative estimate of drug-likeness (QED) is 0.921. The molecule has 0 bridgehead atoms. The highest BCUT2D eigenvalue weighted by molar-refractivity contribution is 9.10. The lowest BCUT2D eigenvalue weighted by Crippen LogP contribution is -2.23. The Labute approximate surface area is 97.2 Å². The molecular weight excluding hydrogens is 260 g/mol. The second kappa shape index (κ2) is 4.66. The summed E-state index contributed by atoms with van der Waals surface area (Å²) in [6.07, 6.45) is -0.830. The van der Waals surface area contributed by atoms with Gasteiger partial charge in [-0.25, -0.2) is 4.79 Å². The van der Waals surface area contributed by atoms with Crippen LogP contribution in [-0.2, 0) is 4.79 Å². The van der Waals surface area contributed by atoms with E-state index in [9.17, 15) is 4.79 Å². The molecule has 4 heteroatoms. The molecule has 15 heavy (non-hydrogen) atoms. The average molecular weight is 273 g/mol. The van der Waals surface area contributed by atoms with E-state index in [1.165, 1.54) is 6.92 Å². The first-order valence-electron chi connectivity index (χ1n) is 4.58. The first kappa shape index (κ1) is 12.0. The van der Waals surface area contributed by atoms with Crippen LogP contribution in [0.15, 0.2) is 16.6 Å². The van der Waals surface area contributed by atoms with Gasteiger partial charge >= 0.3 is 5.97 Å². The lowest BCUT2D eigenvalue weighted by Gasteiger charge is -2.15. The number of halogens is 1. The van der Waals surface area contributed by atoms with Crippen LogP contribution in [0.3, 0.4) is 0 Å². The minimum absolute atomic E-state index is 0.646. The maximum atomic E-state index is 10.7. The molecule has 0 amide bonds. The van der Waals surface area contributed by atoms with Crippen molar-refractivity contribution in [2.45, 2.75) is 26.9 Å². The Morgan fingerprint density at radius 3 is 2.27 bits per heavy atom. The lowest BCUT2D eigenvalue weighted by atomic mass is 10.1. The number of aryl methyl sites for hydroxylation is 2. The van der Waals surface area contributed by atoms with Gasteiger partial charge in [-0.05, 0) is 44.0 Å². The molecule has 1 rings (SSSR count). The van der Waals surface area contributed by atoms with E-state index in [4.69, 9.17) is 9.84 Å². The highest BCUT2D eigenvalue weighted by atomic mass is 79.9. The number of rotatable bonds is 3. The first-order valence-corrected chi connectivity index (χ1v) is 5.37. The Morgan fingerprint density at radius 1 is 1.40 bits per heavy atom. The van der Waals surface area contributed by atoms with Crippen molar-refractivity contribution in [3.05, 3.63) is 27.7 Å². The topological polar surface area (TPSA) is 46.5 Å². The lowest BCUT2D eigenvalue weighted by molar-refractivity contribution is -0.144. The van der Waals surface area contributed by atoms with Gasteiger partial charge in [0.25, 0.3) is 0 Å². The van der Waals surface area contributed by atoms with Crippen LogP contribution < -0.4 is 4.74 Å². The number of carbonyl (C=O) groups is 1. The van der Waals surface area contributed by atoms with Gasteiger partial charge in [-0.15, -0.1) is 0 Å². The predicted molar refractivity (Wildman–Crippen MR) is 61.3 cm³/mol. The van der Waals surface area contributed by atoms with Crippen LogP contribution in [0.25, 0.3) is 0 Å². The fourth-order valence-electron chi connectivity index (χ4n) is 1.31. The van der Waals surface area contributed by atoms with Crippen LogP contribution in [0.5, 0.6) is 5.75 Å². The molecule has 0 saturated carbocycles. The van der Waals surface area contributed by atoms with Crippen LogP contribution in [0.1, 0.15) is 18.1 Å². The molecule has 1 N–H and O–H groups in total. The van der Waals surface area contributed by atoms with Gasteiger partial charge in [0.15, 0.2) is 6.10 Å². The molecule has 0 aromatic heterocycles. The maximum Gasteiger partial charge on any atom is 0.344 e. The Kier molecular flexibility index (Phi) is 3.74. The summed E-state index contributed by atoms with van der Waals surface area (Å²) in [4.78, 5) is 10.7. The van der Waals surface area contributed by atoms with Gasteiger partial charge in [0.2, 0.25) is 0 Å². The van der Waals surface area contributed by atoms with Crippen molar-refractivity contribution in [2.24, 2.45) is 0 Å². The fraction of sp³-hybridized carbons (Fsp3) is 0.364. The van der Waals surface area contributed by atoms with Crippen molar-refractivity contribution in [1.29, 1.82) is 0 Å². The molecule has 1 atom stereocenters. The molecule has 0 saturated heterocycles. The summed E-state index contributed by atoms with van der Waals surface area (Å²) in [5.41, 5.74) is 1.85. The van der Waals surface area contributed by atoms with E-state index >= 15 is 0 Å². The maximum absolute atomic E-state index is 10.7. The molecule has 0 unspecified atom stereocenters. The average Bonchev–Trinajstić information content (AvgIpc) is 2.10. The largest absolute Gasteiger partial charge is 0.479 e. The molecular formula is C11H13BrO3.